The fraction of sp³-hybridized carbons (Fsp3) is 0.614. The van der Waals surface area contributed by atoms with Gasteiger partial charge in [-0.2, -0.15) is 5.10 Å². The van der Waals surface area contributed by atoms with Crippen LogP contribution >= 0.6 is 11.6 Å². The molecule has 5 heterocycles. The molecule has 6 atom stereocenters. The number of hydrogen-bond donors (Lipinski definition) is 1. The predicted octanol–water partition coefficient (Wildman–Crippen LogP) is 5.84. The Balaban J connectivity index is 1.11. The number of allylic oxidation sites excluding steroid dienone is 1. The van der Waals surface area contributed by atoms with Crippen LogP contribution in [0, 0.1) is 22.7 Å². The van der Waals surface area contributed by atoms with E-state index in [-0.39, 0.29) is 47.7 Å². The third-order valence-corrected chi connectivity index (χ3v) is 15.4. The van der Waals surface area contributed by atoms with E-state index in [1.807, 2.05) is 51.2 Å². The fourth-order valence-corrected chi connectivity index (χ4v) is 10.9. The molecule has 3 saturated heterocycles. The largest absolute Gasteiger partial charge is 0.491 e. The highest BCUT2D eigenvalue weighted by atomic mass is 35.5. The molecule has 324 valence electrons. The Morgan fingerprint density at radius 1 is 1.12 bits per heavy atom. The number of halogens is 1. The minimum atomic E-state index is -3.84. The molecule has 0 spiro atoms. The summed E-state index contributed by atoms with van der Waals surface area (Å²) in [5.41, 5.74) is -0.253. The first-order chi connectivity index (χ1) is 28.5. The van der Waals surface area contributed by atoms with E-state index in [1.54, 1.807) is 15.7 Å². The first kappa shape index (κ1) is 42.6. The molecule has 1 aromatic carbocycles. The first-order valence-electron chi connectivity index (χ1n) is 21.3. The second-order valence-electron chi connectivity index (χ2n) is 18.6. The van der Waals surface area contributed by atoms with E-state index in [2.05, 4.69) is 30.0 Å². The number of ether oxygens (including phenoxy) is 3. The van der Waals surface area contributed by atoms with Gasteiger partial charge in [0.2, 0.25) is 21.8 Å². The van der Waals surface area contributed by atoms with E-state index < -0.39 is 44.8 Å². The number of hydrogen-bond acceptors (Lipinski definition) is 11. The van der Waals surface area contributed by atoms with Crippen molar-refractivity contribution in [2.75, 3.05) is 39.5 Å². The van der Waals surface area contributed by atoms with E-state index in [0.29, 0.717) is 85.2 Å². The standard InChI is InChI=1S/C44H57ClN6O8S/c1-7-27-24-44(27,42(54)48-60(55,56)28-8-9-28)25-34(52)33-22-37(32-12-11-30(43(4,5)6)41(53)51(32)33)59-36-23-38(50-15-14-31(47-50)26(2)3)46-40-29(36)10-13-35(39(40)45)58-21-18-49-16-19-57-20-17-49/h7,10,13-15,23,26-28,30,32-33,37H,1,8-9,11-12,16-22,24-25H2,2-6H3,(H,48,54)/t27-,30+,32-,33+,37-,44-/m1/s1. The van der Waals surface area contributed by atoms with Crippen LogP contribution in [0.4, 0.5) is 0 Å². The summed E-state index contributed by atoms with van der Waals surface area (Å²) in [7, 11) is -3.84. The van der Waals surface area contributed by atoms with Gasteiger partial charge in [0, 0.05) is 56.0 Å². The quantitative estimate of drug-likeness (QED) is 0.183. The molecular weight excluding hydrogens is 808 g/mol. The molecule has 0 bridgehead atoms. The Bertz CT molecular complexity index is 2280. The summed E-state index contributed by atoms with van der Waals surface area (Å²) in [6, 6.07) is 6.14. The van der Waals surface area contributed by atoms with Crippen LogP contribution in [0.5, 0.6) is 11.5 Å². The summed E-state index contributed by atoms with van der Waals surface area (Å²) in [6.45, 7) is 18.3. The average molecular weight is 865 g/mol. The Kier molecular flexibility index (Phi) is 11.6. The third kappa shape index (κ3) is 8.31. The van der Waals surface area contributed by atoms with Crippen LogP contribution in [-0.4, -0.2) is 113 Å². The number of carbonyl (C=O) groups excluding carboxylic acids is 3. The molecule has 8 rings (SSSR count). The van der Waals surface area contributed by atoms with Gasteiger partial charge >= 0.3 is 0 Å². The number of nitrogens with one attached hydrogen (secondary N) is 1. The highest BCUT2D eigenvalue weighted by Gasteiger charge is 2.62. The molecule has 60 heavy (non-hydrogen) atoms. The molecule has 2 amide bonds. The van der Waals surface area contributed by atoms with Gasteiger partial charge in [0.15, 0.2) is 11.6 Å². The Labute approximate surface area is 357 Å². The molecule has 3 aliphatic heterocycles. The van der Waals surface area contributed by atoms with E-state index in [9.17, 15) is 22.8 Å². The lowest BCUT2D eigenvalue weighted by atomic mass is 9.74. The second-order valence-corrected chi connectivity index (χ2v) is 21.0. The van der Waals surface area contributed by atoms with Crippen molar-refractivity contribution >= 4 is 50.1 Å². The Morgan fingerprint density at radius 3 is 2.52 bits per heavy atom. The van der Waals surface area contributed by atoms with Crippen molar-refractivity contribution in [3.8, 4) is 17.3 Å². The second kappa shape index (κ2) is 16.3. The lowest BCUT2D eigenvalue weighted by Gasteiger charge is -2.43. The summed E-state index contributed by atoms with van der Waals surface area (Å²) in [6.07, 6.45) is 5.39. The lowest BCUT2D eigenvalue weighted by molar-refractivity contribution is -0.151. The zero-order chi connectivity index (χ0) is 42.7. The number of benzene rings is 1. The summed E-state index contributed by atoms with van der Waals surface area (Å²) in [4.78, 5) is 51.8. The maximum absolute atomic E-state index is 14.6. The van der Waals surface area contributed by atoms with Crippen molar-refractivity contribution in [2.24, 2.45) is 22.7 Å². The van der Waals surface area contributed by atoms with Crippen LogP contribution in [0.25, 0.3) is 16.7 Å². The molecule has 14 nitrogen and oxygen atoms in total. The number of aromatic nitrogens is 3. The molecule has 3 aromatic rings. The van der Waals surface area contributed by atoms with Crippen molar-refractivity contribution in [1.82, 2.24) is 29.3 Å². The van der Waals surface area contributed by atoms with E-state index in [4.69, 9.17) is 35.9 Å². The third-order valence-electron chi connectivity index (χ3n) is 13.2. The number of nitrogens with zero attached hydrogens (tertiary/aromatic N) is 5. The van der Waals surface area contributed by atoms with Crippen LogP contribution in [0.15, 0.2) is 43.1 Å². The Hall–Kier alpha value is -4.05. The van der Waals surface area contributed by atoms with E-state index in [1.165, 1.54) is 0 Å². The maximum atomic E-state index is 14.6. The summed E-state index contributed by atoms with van der Waals surface area (Å²) in [5.74, 6) is -0.160. The monoisotopic (exact) mass is 864 g/mol. The number of amides is 2. The fourth-order valence-electron chi connectivity index (χ4n) is 9.28. The molecular formula is C44H57ClN6O8S. The van der Waals surface area contributed by atoms with Gasteiger partial charge in [-0.05, 0) is 67.6 Å². The minimum absolute atomic E-state index is 0.117. The SMILES string of the molecule is C=C[C@@H]1C[C@]1(CC(=O)[C@@H]1C[C@@H](Oc2cc(-n3ccc(C(C)C)n3)nc3c(Cl)c(OCCN4CCOCC4)ccc23)[C@H]2CC[C@H](C(C)(C)C)C(=O)N21)C(=O)NS(=O)(=O)C1CC1. The van der Waals surface area contributed by atoms with Gasteiger partial charge in [0.1, 0.15) is 29.2 Å². The zero-order valence-electron chi connectivity index (χ0n) is 35.2. The van der Waals surface area contributed by atoms with Crippen molar-refractivity contribution in [1.29, 1.82) is 0 Å². The Morgan fingerprint density at radius 2 is 1.87 bits per heavy atom. The number of rotatable bonds is 15. The van der Waals surface area contributed by atoms with Gasteiger partial charge in [-0.25, -0.2) is 18.1 Å². The van der Waals surface area contributed by atoms with Gasteiger partial charge < -0.3 is 19.1 Å². The van der Waals surface area contributed by atoms with E-state index in [0.717, 1.165) is 25.3 Å². The van der Waals surface area contributed by atoms with Crippen LogP contribution in [0.2, 0.25) is 5.02 Å². The molecule has 0 unspecified atom stereocenters. The molecule has 16 heteroatoms. The van der Waals surface area contributed by atoms with Gasteiger partial charge in [-0.1, -0.05) is 52.3 Å². The zero-order valence-corrected chi connectivity index (χ0v) is 36.8. The van der Waals surface area contributed by atoms with Gasteiger partial charge in [0.05, 0.1) is 47.2 Å². The summed E-state index contributed by atoms with van der Waals surface area (Å²) in [5, 5.41) is 5.16. The van der Waals surface area contributed by atoms with Crippen molar-refractivity contribution in [2.45, 2.75) is 109 Å². The van der Waals surface area contributed by atoms with Crippen LogP contribution in [0.3, 0.4) is 0 Å². The number of carbonyl (C=O) groups is 3. The number of ketones is 1. The molecule has 5 aliphatic rings. The normalized spacial score (nSPS) is 27.2. The van der Waals surface area contributed by atoms with E-state index >= 15 is 0 Å². The smallest absolute Gasteiger partial charge is 0.240 e. The van der Waals surface area contributed by atoms with Crippen LogP contribution in [0.1, 0.15) is 91.2 Å². The highest BCUT2D eigenvalue weighted by molar-refractivity contribution is 7.90. The lowest BCUT2D eigenvalue weighted by Crippen LogP contribution is -2.55. The summed E-state index contributed by atoms with van der Waals surface area (Å²) < 4.78 is 48.3. The predicted molar refractivity (Wildman–Crippen MR) is 227 cm³/mol. The number of pyridine rings is 1. The van der Waals surface area contributed by atoms with Gasteiger partial charge in [0.25, 0.3) is 0 Å². The molecule has 5 fully saturated rings. The topological polar surface area (TPSA) is 162 Å². The molecule has 2 aromatic heterocycles. The van der Waals surface area contributed by atoms with Crippen LogP contribution in [-0.2, 0) is 29.1 Å². The molecule has 2 saturated carbocycles. The first-order valence-corrected chi connectivity index (χ1v) is 23.3. The number of Topliss-reactive ketones (excluding diaryl/α,β-unsaturated/α-hetero) is 1. The van der Waals surface area contributed by atoms with Crippen molar-refractivity contribution < 1.29 is 37.0 Å². The van der Waals surface area contributed by atoms with Crippen molar-refractivity contribution in [3.05, 3.63) is 53.8 Å². The summed E-state index contributed by atoms with van der Waals surface area (Å²) >= 11 is 7.12. The van der Waals surface area contributed by atoms with Crippen molar-refractivity contribution in [3.63, 3.8) is 0 Å². The minimum Gasteiger partial charge on any atom is -0.491 e. The molecule has 0 radical (unpaired) electrons. The molecule has 1 N–H and O–H groups in total. The average Bonchev–Trinajstić information content (AvgIpc) is 4.10. The van der Waals surface area contributed by atoms with Gasteiger partial charge in [-0.3, -0.25) is 24.0 Å². The number of sulfonamides is 1. The molecule has 2 aliphatic carbocycles. The van der Waals surface area contributed by atoms with Crippen LogP contribution < -0.4 is 14.2 Å². The maximum Gasteiger partial charge on any atom is 0.240 e. The number of morpholine rings is 1. The number of fused-ring (bicyclic) bond motifs is 2. The van der Waals surface area contributed by atoms with Gasteiger partial charge in [-0.15, -0.1) is 6.58 Å². The highest BCUT2D eigenvalue weighted by Crippen LogP contribution is 2.57. The number of piperidine rings is 1.